The predicted octanol–water partition coefficient (Wildman–Crippen LogP) is 3.46. The Morgan fingerprint density at radius 1 is 1.20 bits per heavy atom. The molecule has 12 nitrogen and oxygen atoms in total. The minimum atomic E-state index is -1.09. The molecule has 1 aliphatic heterocycles. The summed E-state index contributed by atoms with van der Waals surface area (Å²) in [6.07, 6.45) is 4.19. The number of carbonyl (C=O) groups excluding carboxylic acids is 2. The number of aromatic carboxylic acids is 1. The van der Waals surface area contributed by atoms with Gasteiger partial charge in [-0.15, -0.1) is 5.10 Å². The molecule has 1 unspecified atom stereocenters. The summed E-state index contributed by atoms with van der Waals surface area (Å²) >= 11 is 6.01. The van der Waals surface area contributed by atoms with Gasteiger partial charge in [-0.25, -0.2) is 9.18 Å². The average Bonchev–Trinajstić information content (AvgIpc) is 3.61. The lowest BCUT2D eigenvalue weighted by atomic mass is 9.96. The van der Waals surface area contributed by atoms with Gasteiger partial charge in [-0.05, 0) is 73.2 Å². The van der Waals surface area contributed by atoms with Crippen molar-refractivity contribution in [3.05, 3.63) is 87.7 Å². The van der Waals surface area contributed by atoms with Crippen molar-refractivity contribution in [3.8, 4) is 5.69 Å². The number of halogens is 2. The fraction of sp³-hybridized carbons (Fsp3) is 0.222. The number of rotatable bonds is 7. The Morgan fingerprint density at radius 2 is 1.95 bits per heavy atom. The van der Waals surface area contributed by atoms with Gasteiger partial charge in [0.2, 0.25) is 5.91 Å². The van der Waals surface area contributed by atoms with E-state index in [2.05, 4.69) is 25.9 Å². The van der Waals surface area contributed by atoms with E-state index in [1.54, 1.807) is 4.68 Å². The van der Waals surface area contributed by atoms with Gasteiger partial charge in [0, 0.05) is 41.7 Å². The van der Waals surface area contributed by atoms with Gasteiger partial charge in [-0.3, -0.25) is 14.3 Å². The quantitative estimate of drug-likeness (QED) is 0.317. The van der Waals surface area contributed by atoms with E-state index in [0.29, 0.717) is 24.3 Å². The highest BCUT2D eigenvalue weighted by Crippen LogP contribution is 2.33. The van der Waals surface area contributed by atoms with Crippen molar-refractivity contribution in [1.29, 1.82) is 0 Å². The maximum atomic E-state index is 15.1. The third kappa shape index (κ3) is 5.31. The summed E-state index contributed by atoms with van der Waals surface area (Å²) in [7, 11) is 0. The average molecular weight is 579 g/mol. The van der Waals surface area contributed by atoms with Crippen molar-refractivity contribution in [2.24, 2.45) is 0 Å². The van der Waals surface area contributed by atoms with Crippen LogP contribution in [-0.4, -0.2) is 64.3 Å². The van der Waals surface area contributed by atoms with Gasteiger partial charge in [0.05, 0.1) is 22.0 Å². The molecule has 210 valence electrons. The number of amides is 2. The number of benzene rings is 2. The van der Waals surface area contributed by atoms with Crippen LogP contribution in [0.2, 0.25) is 5.02 Å². The number of carboxylic acid groups (broad SMARTS) is 1. The number of nitrogens with zero attached hydrogens (tertiary/aromatic N) is 7. The molecule has 2 aromatic heterocycles. The highest BCUT2D eigenvalue weighted by molar-refractivity contribution is 6.31. The Balaban J connectivity index is 1.49. The summed E-state index contributed by atoms with van der Waals surface area (Å²) in [5.74, 6) is -2.94. The first-order chi connectivity index (χ1) is 19.7. The normalized spacial score (nSPS) is 14.7. The molecule has 4 aromatic rings. The van der Waals surface area contributed by atoms with Crippen molar-refractivity contribution in [1.82, 2.24) is 34.9 Å². The van der Waals surface area contributed by atoms with E-state index in [1.165, 1.54) is 64.5 Å². The zero-order chi connectivity index (χ0) is 29.3. The number of aryl methyl sites for hydroxylation is 1. The Morgan fingerprint density at radius 3 is 2.61 bits per heavy atom. The van der Waals surface area contributed by atoms with Gasteiger partial charge in [-0.2, -0.15) is 9.78 Å². The lowest BCUT2D eigenvalue weighted by molar-refractivity contribution is -0.135. The first kappa shape index (κ1) is 27.6. The van der Waals surface area contributed by atoms with Crippen molar-refractivity contribution >= 4 is 41.1 Å². The Kier molecular flexibility index (Phi) is 7.62. The molecule has 1 aliphatic rings. The van der Waals surface area contributed by atoms with Crippen molar-refractivity contribution in [3.63, 3.8) is 0 Å². The van der Waals surface area contributed by atoms with E-state index >= 15 is 4.39 Å². The number of hydrogen-bond donors (Lipinski definition) is 2. The second-order valence-corrected chi connectivity index (χ2v) is 9.61. The second kappa shape index (κ2) is 11.3. The Labute approximate surface area is 238 Å². The highest BCUT2D eigenvalue weighted by Gasteiger charge is 2.39. The minimum absolute atomic E-state index is 0.0125. The molecule has 0 radical (unpaired) electrons. The summed E-state index contributed by atoms with van der Waals surface area (Å²) in [4.78, 5) is 39.8. The van der Waals surface area contributed by atoms with Crippen LogP contribution in [0.15, 0.2) is 48.8 Å². The fourth-order valence-corrected chi connectivity index (χ4v) is 4.96. The second-order valence-electron chi connectivity index (χ2n) is 9.20. The SMILES string of the molecule is CCn1nc2c(c1C)CCN(C(=O)/C=C/c1c(-n3cnnn3)ccc(Cl)c1F)C2C(=O)Nc1ccc(C(=O)O)cc1. The molecule has 2 aromatic carbocycles. The monoisotopic (exact) mass is 578 g/mol. The molecule has 2 N–H and O–H groups in total. The minimum Gasteiger partial charge on any atom is -0.478 e. The number of hydrogen-bond acceptors (Lipinski definition) is 7. The number of carboxylic acids is 1. The van der Waals surface area contributed by atoms with E-state index in [4.69, 9.17) is 16.7 Å². The van der Waals surface area contributed by atoms with E-state index < -0.39 is 29.6 Å². The topological polar surface area (TPSA) is 148 Å². The van der Waals surface area contributed by atoms with Gasteiger partial charge in [0.15, 0.2) is 11.9 Å². The molecule has 0 bridgehead atoms. The maximum Gasteiger partial charge on any atom is 0.335 e. The van der Waals surface area contributed by atoms with Crippen LogP contribution in [0.1, 0.15) is 45.8 Å². The number of carbonyl (C=O) groups is 3. The lowest BCUT2D eigenvalue weighted by Gasteiger charge is -2.33. The molecular formula is C27H24ClFN8O4. The van der Waals surface area contributed by atoms with E-state index in [-0.39, 0.29) is 28.4 Å². The molecule has 3 heterocycles. The molecule has 0 fully saturated rings. The van der Waals surface area contributed by atoms with Gasteiger partial charge < -0.3 is 15.3 Å². The van der Waals surface area contributed by atoms with Gasteiger partial charge in [0.1, 0.15) is 6.33 Å². The van der Waals surface area contributed by atoms with Crippen molar-refractivity contribution in [2.45, 2.75) is 32.9 Å². The molecule has 0 saturated carbocycles. The van der Waals surface area contributed by atoms with Crippen LogP contribution in [0.5, 0.6) is 0 Å². The van der Waals surface area contributed by atoms with Crippen molar-refractivity contribution in [2.75, 3.05) is 11.9 Å². The molecule has 0 spiro atoms. The molecule has 1 atom stereocenters. The number of anilines is 1. The zero-order valence-electron chi connectivity index (χ0n) is 22.0. The van der Waals surface area contributed by atoms with Crippen LogP contribution < -0.4 is 5.32 Å². The maximum absolute atomic E-state index is 15.1. The summed E-state index contributed by atoms with van der Waals surface area (Å²) in [5, 5.41) is 27.3. The highest BCUT2D eigenvalue weighted by atomic mass is 35.5. The summed E-state index contributed by atoms with van der Waals surface area (Å²) in [6, 6.07) is 7.46. The molecule has 41 heavy (non-hydrogen) atoms. The van der Waals surface area contributed by atoms with Crippen LogP contribution in [0.25, 0.3) is 11.8 Å². The van der Waals surface area contributed by atoms with E-state index in [0.717, 1.165) is 11.3 Å². The molecule has 5 rings (SSSR count). The van der Waals surface area contributed by atoms with Crippen LogP contribution in [-0.2, 0) is 22.6 Å². The lowest BCUT2D eigenvalue weighted by Crippen LogP contribution is -2.45. The fourth-order valence-electron chi connectivity index (χ4n) is 4.80. The molecule has 0 saturated heterocycles. The first-order valence-corrected chi connectivity index (χ1v) is 13.0. The molecule has 0 aliphatic carbocycles. The number of fused-ring (bicyclic) bond motifs is 1. The number of tetrazole rings is 1. The molecule has 14 heteroatoms. The standard InChI is InChI=1S/C27H24ClFN8O4/c1-3-36-15(2)18-12-13-35(25(24(18)32-36)26(39)31-17-6-4-16(5-7-17)27(40)41)22(38)11-8-19-21(37-14-30-33-34-37)10-9-20(28)23(19)29/h4-11,14,25H,3,12-13H2,1-2H3,(H,31,39)(H,40,41)/b11-8+. The van der Waals surface area contributed by atoms with E-state index in [9.17, 15) is 14.4 Å². The van der Waals surface area contributed by atoms with Crippen LogP contribution >= 0.6 is 11.6 Å². The van der Waals surface area contributed by atoms with Gasteiger partial charge >= 0.3 is 5.97 Å². The smallest absolute Gasteiger partial charge is 0.335 e. The summed E-state index contributed by atoms with van der Waals surface area (Å²) < 4.78 is 18.1. The van der Waals surface area contributed by atoms with Gasteiger partial charge in [0.25, 0.3) is 5.91 Å². The van der Waals surface area contributed by atoms with E-state index in [1.807, 2.05) is 13.8 Å². The third-order valence-corrected chi connectivity index (χ3v) is 7.16. The molecule has 2 amide bonds. The summed E-state index contributed by atoms with van der Waals surface area (Å²) in [6.45, 7) is 4.62. The largest absolute Gasteiger partial charge is 0.478 e. The Hall–Kier alpha value is -4.91. The number of nitrogens with one attached hydrogen (secondary N) is 1. The van der Waals surface area contributed by atoms with Crippen LogP contribution in [0.4, 0.5) is 10.1 Å². The summed E-state index contributed by atoms with van der Waals surface area (Å²) in [5.41, 5.74) is 2.90. The predicted molar refractivity (Wildman–Crippen MR) is 146 cm³/mol. The number of aromatic nitrogens is 6. The van der Waals surface area contributed by atoms with Crippen molar-refractivity contribution < 1.29 is 23.9 Å². The molecular weight excluding hydrogens is 555 g/mol. The Bertz CT molecular complexity index is 1670. The zero-order valence-corrected chi connectivity index (χ0v) is 22.7. The van der Waals surface area contributed by atoms with Crippen LogP contribution in [0, 0.1) is 12.7 Å². The van der Waals surface area contributed by atoms with Crippen LogP contribution in [0.3, 0.4) is 0 Å². The third-order valence-electron chi connectivity index (χ3n) is 6.86. The van der Waals surface area contributed by atoms with Gasteiger partial charge in [-0.1, -0.05) is 11.6 Å². The first-order valence-electron chi connectivity index (χ1n) is 12.6.